The van der Waals surface area contributed by atoms with Crippen LogP contribution >= 0.6 is 0 Å². The predicted octanol–water partition coefficient (Wildman–Crippen LogP) is 2.36. The van der Waals surface area contributed by atoms with E-state index < -0.39 is 5.54 Å². The molecule has 124 valence electrons. The minimum absolute atomic E-state index is 0.0776. The number of hydrogen-bond acceptors (Lipinski definition) is 4. The summed E-state index contributed by atoms with van der Waals surface area (Å²) in [4.78, 5) is 17.9. The number of rotatable bonds is 3. The molecule has 0 unspecified atom stereocenters. The summed E-state index contributed by atoms with van der Waals surface area (Å²) in [6.45, 7) is 1.94. The van der Waals surface area contributed by atoms with Gasteiger partial charge in [-0.2, -0.15) is 0 Å². The van der Waals surface area contributed by atoms with Crippen LogP contribution in [-0.4, -0.2) is 35.9 Å². The van der Waals surface area contributed by atoms with Crippen molar-refractivity contribution in [2.45, 2.75) is 18.9 Å². The summed E-state index contributed by atoms with van der Waals surface area (Å²) >= 11 is 0. The lowest BCUT2D eigenvalue weighted by Gasteiger charge is -2.39. The summed E-state index contributed by atoms with van der Waals surface area (Å²) in [6.07, 6.45) is 0.293. The van der Waals surface area contributed by atoms with E-state index in [0.29, 0.717) is 12.3 Å². The van der Waals surface area contributed by atoms with Crippen molar-refractivity contribution in [3.05, 3.63) is 48.0 Å². The monoisotopic (exact) mass is 324 g/mol. The number of ether oxygens (including phenoxy) is 1. The zero-order valence-electron chi connectivity index (χ0n) is 14.0. The van der Waals surface area contributed by atoms with Crippen molar-refractivity contribution in [1.29, 1.82) is 5.41 Å². The van der Waals surface area contributed by atoms with Crippen LogP contribution in [0.2, 0.25) is 0 Å². The molecular weight excluding hydrogens is 304 g/mol. The Bertz CT molecular complexity index is 785. The molecule has 0 bridgehead atoms. The molecule has 2 N–H and O–H groups in total. The van der Waals surface area contributed by atoms with Gasteiger partial charge in [0.05, 0.1) is 24.8 Å². The highest BCUT2D eigenvalue weighted by molar-refractivity contribution is 5.98. The van der Waals surface area contributed by atoms with Gasteiger partial charge in [0, 0.05) is 18.7 Å². The van der Waals surface area contributed by atoms with Crippen LogP contribution in [0.1, 0.15) is 18.9 Å². The molecule has 0 saturated carbocycles. The summed E-state index contributed by atoms with van der Waals surface area (Å²) in [6, 6.07) is 13.5. The molecule has 1 aromatic carbocycles. The van der Waals surface area contributed by atoms with Gasteiger partial charge in [-0.25, -0.2) is 4.98 Å². The molecule has 1 amide bonds. The van der Waals surface area contributed by atoms with E-state index in [-0.39, 0.29) is 11.9 Å². The fourth-order valence-electron chi connectivity index (χ4n) is 2.82. The number of benzene rings is 1. The van der Waals surface area contributed by atoms with E-state index in [1.807, 2.05) is 43.3 Å². The highest BCUT2D eigenvalue weighted by atomic mass is 16.5. The predicted molar refractivity (Wildman–Crippen MR) is 91.8 cm³/mol. The van der Waals surface area contributed by atoms with E-state index in [1.54, 1.807) is 20.2 Å². The van der Waals surface area contributed by atoms with Crippen LogP contribution in [0.4, 0.5) is 0 Å². The minimum atomic E-state index is -0.616. The lowest BCUT2D eigenvalue weighted by molar-refractivity contribution is -0.129. The van der Waals surface area contributed by atoms with Gasteiger partial charge < -0.3 is 10.1 Å². The molecule has 0 radical (unpaired) electrons. The molecule has 1 fully saturated rings. The molecule has 1 aliphatic heterocycles. The molecule has 0 aliphatic carbocycles. The van der Waals surface area contributed by atoms with Gasteiger partial charge in [0.1, 0.15) is 0 Å². The molecule has 2 aromatic rings. The van der Waals surface area contributed by atoms with Gasteiger partial charge in [0.25, 0.3) is 0 Å². The number of pyridine rings is 1. The molecule has 3 rings (SSSR count). The van der Waals surface area contributed by atoms with Gasteiger partial charge >= 0.3 is 0 Å². The van der Waals surface area contributed by atoms with Gasteiger partial charge in [0.15, 0.2) is 5.96 Å². The van der Waals surface area contributed by atoms with Gasteiger partial charge in [-0.1, -0.05) is 24.3 Å². The highest BCUT2D eigenvalue weighted by Crippen LogP contribution is 2.31. The topological polar surface area (TPSA) is 78.3 Å². The number of amides is 1. The van der Waals surface area contributed by atoms with E-state index in [2.05, 4.69) is 10.3 Å². The summed E-state index contributed by atoms with van der Waals surface area (Å²) in [5, 5.41) is 11.1. The van der Waals surface area contributed by atoms with E-state index in [0.717, 1.165) is 16.8 Å². The molecule has 2 heterocycles. The first kappa shape index (κ1) is 16.0. The van der Waals surface area contributed by atoms with Crippen LogP contribution < -0.4 is 10.1 Å². The third kappa shape index (κ3) is 2.82. The first-order chi connectivity index (χ1) is 11.4. The van der Waals surface area contributed by atoms with Gasteiger partial charge in [-0.15, -0.1) is 0 Å². The normalized spacial score (nSPS) is 20.7. The van der Waals surface area contributed by atoms with Crippen LogP contribution in [0.15, 0.2) is 42.5 Å². The van der Waals surface area contributed by atoms with Crippen LogP contribution in [-0.2, 0) is 10.3 Å². The van der Waals surface area contributed by atoms with Crippen LogP contribution in [0.25, 0.3) is 11.3 Å². The van der Waals surface area contributed by atoms with Crippen molar-refractivity contribution in [1.82, 2.24) is 15.2 Å². The zero-order valence-corrected chi connectivity index (χ0v) is 14.0. The Hall–Kier alpha value is -2.89. The average molecular weight is 324 g/mol. The van der Waals surface area contributed by atoms with Gasteiger partial charge in [-0.05, 0) is 24.6 Å². The number of aromatic nitrogens is 1. The van der Waals surface area contributed by atoms with E-state index >= 15 is 0 Å². The van der Waals surface area contributed by atoms with E-state index in [4.69, 9.17) is 10.1 Å². The van der Waals surface area contributed by atoms with Crippen LogP contribution in [0.3, 0.4) is 0 Å². The lowest BCUT2D eigenvalue weighted by atomic mass is 9.85. The molecule has 6 heteroatoms. The quantitative estimate of drug-likeness (QED) is 0.908. The van der Waals surface area contributed by atoms with Crippen LogP contribution in [0, 0.1) is 5.41 Å². The number of nitrogens with zero attached hydrogens (tertiary/aromatic N) is 2. The number of carbonyl (C=O) groups excluding carboxylic acids is 1. The van der Waals surface area contributed by atoms with Crippen molar-refractivity contribution in [3.8, 4) is 17.1 Å². The summed E-state index contributed by atoms with van der Waals surface area (Å²) in [5.74, 6) is 0.586. The Kier molecular flexibility index (Phi) is 3.97. The number of hydrogen-bond donors (Lipinski definition) is 2. The number of guanidine groups is 1. The molecule has 24 heavy (non-hydrogen) atoms. The number of nitrogens with one attached hydrogen (secondary N) is 2. The Labute approximate surface area is 141 Å². The summed E-state index contributed by atoms with van der Waals surface area (Å²) in [7, 11) is 3.19. The lowest BCUT2D eigenvalue weighted by Crippen LogP contribution is -2.58. The Morgan fingerprint density at radius 1 is 1.29 bits per heavy atom. The second-order valence-electron chi connectivity index (χ2n) is 6.08. The smallest absolute Gasteiger partial charge is 0.231 e. The van der Waals surface area contributed by atoms with E-state index in [9.17, 15) is 4.79 Å². The average Bonchev–Trinajstić information content (AvgIpc) is 2.60. The van der Waals surface area contributed by atoms with Gasteiger partial charge in [0.2, 0.25) is 11.8 Å². The third-order valence-electron chi connectivity index (χ3n) is 4.34. The summed E-state index contributed by atoms with van der Waals surface area (Å²) < 4.78 is 5.18. The van der Waals surface area contributed by atoms with Crippen molar-refractivity contribution in [3.63, 3.8) is 0 Å². The maximum absolute atomic E-state index is 12.1. The SMILES string of the molecule is COc1cccc(-c2cccc([C@]3(C)CC(=O)N(C)C(=N)N3)c2)n1. The van der Waals surface area contributed by atoms with E-state index in [1.165, 1.54) is 4.90 Å². The first-order valence-electron chi connectivity index (χ1n) is 7.68. The fourth-order valence-corrected chi connectivity index (χ4v) is 2.82. The zero-order chi connectivity index (χ0) is 17.3. The first-order valence-corrected chi connectivity index (χ1v) is 7.68. The number of methoxy groups -OCH3 is 1. The van der Waals surface area contributed by atoms with Gasteiger partial charge in [-0.3, -0.25) is 15.1 Å². The largest absolute Gasteiger partial charge is 0.481 e. The molecule has 0 spiro atoms. The fraction of sp³-hybridized carbons (Fsp3) is 0.278. The second-order valence-corrected chi connectivity index (χ2v) is 6.08. The van der Waals surface area contributed by atoms with Crippen molar-refractivity contribution in [2.75, 3.05) is 14.2 Å². The minimum Gasteiger partial charge on any atom is -0.481 e. The van der Waals surface area contributed by atoms with Crippen molar-refractivity contribution in [2.24, 2.45) is 0 Å². The molecular formula is C18H20N4O2. The molecule has 1 atom stereocenters. The maximum Gasteiger partial charge on any atom is 0.231 e. The molecule has 1 aromatic heterocycles. The third-order valence-corrected chi connectivity index (χ3v) is 4.34. The molecule has 1 saturated heterocycles. The van der Waals surface area contributed by atoms with Crippen molar-refractivity contribution >= 4 is 11.9 Å². The summed E-state index contributed by atoms with van der Waals surface area (Å²) in [5.41, 5.74) is 2.06. The highest BCUT2D eigenvalue weighted by Gasteiger charge is 2.37. The standard InChI is InChI=1S/C18H20N4O2/c1-18(11-16(23)22(2)17(19)21-18)13-7-4-6-12(10-13)14-8-5-9-15(20-14)24-3/h4-10H,11H2,1-3H3,(H2,19,21)/t18-/m0/s1. The van der Waals surface area contributed by atoms with Crippen LogP contribution in [0.5, 0.6) is 5.88 Å². The molecule has 6 nitrogen and oxygen atoms in total. The Morgan fingerprint density at radius 3 is 2.75 bits per heavy atom. The maximum atomic E-state index is 12.1. The Morgan fingerprint density at radius 2 is 2.04 bits per heavy atom. The molecule has 1 aliphatic rings. The number of carbonyl (C=O) groups is 1. The van der Waals surface area contributed by atoms with Crippen molar-refractivity contribution < 1.29 is 9.53 Å². The Balaban J connectivity index is 1.98. The second kappa shape index (κ2) is 5.96.